The highest BCUT2D eigenvalue weighted by Gasteiger charge is 2.35. The van der Waals surface area contributed by atoms with Crippen molar-refractivity contribution in [1.82, 2.24) is 4.90 Å². The SMILES string of the molecule is CN(C)C1(CNc2ccc(Br)cc2C#N)CCCC1. The number of anilines is 1. The lowest BCUT2D eigenvalue weighted by Crippen LogP contribution is -2.47. The van der Waals surface area contributed by atoms with Crippen LogP contribution < -0.4 is 5.32 Å². The van der Waals surface area contributed by atoms with Crippen LogP contribution in [0.1, 0.15) is 31.2 Å². The van der Waals surface area contributed by atoms with Crippen LogP contribution in [-0.2, 0) is 0 Å². The molecule has 102 valence electrons. The van der Waals surface area contributed by atoms with Gasteiger partial charge in [-0.1, -0.05) is 28.8 Å². The first kappa shape index (κ1) is 14.4. The molecule has 0 spiro atoms. The summed E-state index contributed by atoms with van der Waals surface area (Å²) in [6, 6.07) is 8.05. The zero-order chi connectivity index (χ0) is 13.9. The molecule has 0 bridgehead atoms. The lowest BCUT2D eigenvalue weighted by atomic mass is 9.95. The molecule has 0 amide bonds. The second-order valence-electron chi connectivity index (χ2n) is 5.48. The molecule has 4 heteroatoms. The summed E-state index contributed by atoms with van der Waals surface area (Å²) in [6.07, 6.45) is 5.05. The van der Waals surface area contributed by atoms with Gasteiger partial charge >= 0.3 is 0 Å². The number of rotatable bonds is 4. The van der Waals surface area contributed by atoms with Crippen molar-refractivity contribution in [1.29, 1.82) is 5.26 Å². The normalized spacial score (nSPS) is 17.4. The van der Waals surface area contributed by atoms with E-state index in [1.807, 2.05) is 18.2 Å². The minimum absolute atomic E-state index is 0.236. The van der Waals surface area contributed by atoms with E-state index in [0.29, 0.717) is 5.56 Å². The van der Waals surface area contributed by atoms with E-state index in [-0.39, 0.29) is 5.54 Å². The molecule has 0 aliphatic heterocycles. The zero-order valence-corrected chi connectivity index (χ0v) is 13.1. The summed E-state index contributed by atoms with van der Waals surface area (Å²) in [5.41, 5.74) is 1.86. The first-order valence-electron chi connectivity index (χ1n) is 6.68. The molecule has 0 radical (unpaired) electrons. The summed E-state index contributed by atoms with van der Waals surface area (Å²) < 4.78 is 0.942. The lowest BCUT2D eigenvalue weighted by molar-refractivity contribution is 0.172. The molecule has 0 unspecified atom stereocenters. The van der Waals surface area contributed by atoms with E-state index in [1.165, 1.54) is 25.7 Å². The predicted octanol–water partition coefficient (Wildman–Crippen LogP) is 3.61. The van der Waals surface area contributed by atoms with Gasteiger partial charge < -0.3 is 10.2 Å². The zero-order valence-electron chi connectivity index (χ0n) is 11.5. The summed E-state index contributed by atoms with van der Waals surface area (Å²) in [5.74, 6) is 0. The smallest absolute Gasteiger partial charge is 0.101 e. The highest BCUT2D eigenvalue weighted by atomic mass is 79.9. The predicted molar refractivity (Wildman–Crippen MR) is 82.2 cm³/mol. The van der Waals surface area contributed by atoms with Gasteiger partial charge in [0, 0.05) is 16.6 Å². The van der Waals surface area contributed by atoms with Crippen LogP contribution in [0.15, 0.2) is 22.7 Å². The Balaban J connectivity index is 2.12. The average Bonchev–Trinajstić information content (AvgIpc) is 2.87. The fourth-order valence-electron chi connectivity index (χ4n) is 2.84. The second kappa shape index (κ2) is 5.94. The van der Waals surface area contributed by atoms with E-state index in [2.05, 4.69) is 46.3 Å². The summed E-state index contributed by atoms with van der Waals surface area (Å²) in [4.78, 5) is 2.33. The molecular formula is C15H20BrN3. The van der Waals surface area contributed by atoms with E-state index >= 15 is 0 Å². The van der Waals surface area contributed by atoms with Gasteiger partial charge in [-0.15, -0.1) is 0 Å². The van der Waals surface area contributed by atoms with E-state index < -0.39 is 0 Å². The van der Waals surface area contributed by atoms with Crippen LogP contribution in [0.3, 0.4) is 0 Å². The molecule has 1 N–H and O–H groups in total. The van der Waals surface area contributed by atoms with Gasteiger partial charge in [0.05, 0.1) is 11.3 Å². The number of nitrogens with one attached hydrogen (secondary N) is 1. The third-order valence-electron chi connectivity index (χ3n) is 4.19. The van der Waals surface area contributed by atoms with Gasteiger partial charge in [0.25, 0.3) is 0 Å². The standard InChI is InChI=1S/C15H20BrN3/c1-19(2)15(7-3-4-8-15)11-18-14-6-5-13(16)9-12(14)10-17/h5-6,9,18H,3-4,7-8,11H2,1-2H3. The van der Waals surface area contributed by atoms with Crippen LogP contribution in [-0.4, -0.2) is 31.1 Å². The van der Waals surface area contributed by atoms with E-state index in [9.17, 15) is 5.26 Å². The van der Waals surface area contributed by atoms with Crippen molar-refractivity contribution in [2.45, 2.75) is 31.2 Å². The Kier molecular flexibility index (Phi) is 4.49. The number of hydrogen-bond acceptors (Lipinski definition) is 3. The third-order valence-corrected chi connectivity index (χ3v) is 4.69. The van der Waals surface area contributed by atoms with Gasteiger partial charge in [-0.05, 0) is 45.1 Å². The first-order valence-corrected chi connectivity index (χ1v) is 7.48. The van der Waals surface area contributed by atoms with E-state index in [1.54, 1.807) is 0 Å². The van der Waals surface area contributed by atoms with Crippen LogP contribution in [0.5, 0.6) is 0 Å². The number of nitrogens with zero attached hydrogens (tertiary/aromatic N) is 2. The summed E-state index contributed by atoms with van der Waals surface area (Å²) in [7, 11) is 4.31. The van der Waals surface area contributed by atoms with Gasteiger partial charge in [-0.25, -0.2) is 0 Å². The van der Waals surface area contributed by atoms with Crippen molar-refractivity contribution in [3.05, 3.63) is 28.2 Å². The molecule has 1 aromatic carbocycles. The van der Waals surface area contributed by atoms with Gasteiger partial charge in [-0.2, -0.15) is 5.26 Å². The van der Waals surface area contributed by atoms with Crippen LogP contribution in [0.4, 0.5) is 5.69 Å². The Labute approximate surface area is 123 Å². The minimum Gasteiger partial charge on any atom is -0.382 e. The fraction of sp³-hybridized carbons (Fsp3) is 0.533. The number of likely N-dealkylation sites (N-methyl/N-ethyl adjacent to an activating group) is 1. The van der Waals surface area contributed by atoms with Crippen LogP contribution >= 0.6 is 15.9 Å². The second-order valence-corrected chi connectivity index (χ2v) is 6.40. The Morgan fingerprint density at radius 2 is 2.05 bits per heavy atom. The molecule has 0 saturated heterocycles. The Morgan fingerprint density at radius 1 is 1.37 bits per heavy atom. The number of hydrogen-bond donors (Lipinski definition) is 1. The van der Waals surface area contributed by atoms with Crippen molar-refractivity contribution >= 4 is 21.6 Å². The van der Waals surface area contributed by atoms with Crippen LogP contribution in [0, 0.1) is 11.3 Å². The maximum absolute atomic E-state index is 9.19. The minimum atomic E-state index is 0.236. The van der Waals surface area contributed by atoms with Crippen molar-refractivity contribution in [3.63, 3.8) is 0 Å². The van der Waals surface area contributed by atoms with Crippen molar-refractivity contribution in [2.75, 3.05) is 26.0 Å². The molecule has 1 aromatic rings. The largest absolute Gasteiger partial charge is 0.382 e. The molecule has 1 aliphatic carbocycles. The molecule has 3 nitrogen and oxygen atoms in total. The molecule has 1 fully saturated rings. The van der Waals surface area contributed by atoms with Gasteiger partial charge in [-0.3, -0.25) is 0 Å². The fourth-order valence-corrected chi connectivity index (χ4v) is 3.20. The topological polar surface area (TPSA) is 39.1 Å². The molecular weight excluding hydrogens is 302 g/mol. The highest BCUT2D eigenvalue weighted by Crippen LogP contribution is 2.34. The van der Waals surface area contributed by atoms with Gasteiger partial charge in [0.1, 0.15) is 6.07 Å². The maximum atomic E-state index is 9.19. The number of nitriles is 1. The molecule has 1 saturated carbocycles. The quantitative estimate of drug-likeness (QED) is 0.920. The summed E-state index contributed by atoms with van der Waals surface area (Å²) in [6.45, 7) is 0.899. The van der Waals surface area contributed by atoms with Crippen LogP contribution in [0.2, 0.25) is 0 Å². The monoisotopic (exact) mass is 321 g/mol. The molecule has 19 heavy (non-hydrogen) atoms. The van der Waals surface area contributed by atoms with Crippen LogP contribution in [0.25, 0.3) is 0 Å². The van der Waals surface area contributed by atoms with E-state index in [0.717, 1.165) is 16.7 Å². The summed E-state index contributed by atoms with van der Waals surface area (Å²) in [5, 5.41) is 12.7. The average molecular weight is 322 g/mol. The Bertz CT molecular complexity index is 485. The maximum Gasteiger partial charge on any atom is 0.101 e. The van der Waals surface area contributed by atoms with Gasteiger partial charge in [0.15, 0.2) is 0 Å². The lowest BCUT2D eigenvalue weighted by Gasteiger charge is -2.37. The Hall–Kier alpha value is -1.05. The molecule has 2 rings (SSSR count). The molecule has 0 atom stereocenters. The number of benzene rings is 1. The first-order chi connectivity index (χ1) is 9.07. The molecule has 1 aliphatic rings. The molecule has 0 heterocycles. The van der Waals surface area contributed by atoms with Crippen molar-refractivity contribution in [3.8, 4) is 6.07 Å². The Morgan fingerprint density at radius 3 is 2.63 bits per heavy atom. The molecule has 0 aromatic heterocycles. The third kappa shape index (κ3) is 3.10. The van der Waals surface area contributed by atoms with E-state index in [4.69, 9.17) is 0 Å². The van der Waals surface area contributed by atoms with Crippen molar-refractivity contribution in [2.24, 2.45) is 0 Å². The number of halogens is 1. The van der Waals surface area contributed by atoms with Gasteiger partial charge in [0.2, 0.25) is 0 Å². The highest BCUT2D eigenvalue weighted by molar-refractivity contribution is 9.10. The van der Waals surface area contributed by atoms with Crippen molar-refractivity contribution < 1.29 is 0 Å². The summed E-state index contributed by atoms with van der Waals surface area (Å²) >= 11 is 3.40.